The average Bonchev–Trinajstić information content (AvgIpc) is 3.33. The number of carbonyl (C=O) groups excluding carboxylic acids is 1. The Hall–Kier alpha value is -2.52. The summed E-state index contributed by atoms with van der Waals surface area (Å²) in [6, 6.07) is 11.1. The van der Waals surface area contributed by atoms with Crippen molar-refractivity contribution in [1.82, 2.24) is 10.2 Å². The molecule has 1 amide bonds. The van der Waals surface area contributed by atoms with Crippen molar-refractivity contribution in [3.63, 3.8) is 0 Å². The van der Waals surface area contributed by atoms with Crippen LogP contribution in [-0.4, -0.2) is 24.5 Å². The van der Waals surface area contributed by atoms with E-state index in [0.29, 0.717) is 11.0 Å². The summed E-state index contributed by atoms with van der Waals surface area (Å²) in [4.78, 5) is 12.6. The molecule has 0 saturated carbocycles. The molecule has 2 heterocycles. The zero-order valence-corrected chi connectivity index (χ0v) is 17.2. The molecule has 0 saturated heterocycles. The molecule has 3 aromatic rings. The van der Waals surface area contributed by atoms with Crippen LogP contribution in [0.1, 0.15) is 53.9 Å². The van der Waals surface area contributed by atoms with Gasteiger partial charge >= 0.3 is 0 Å². The monoisotopic (exact) mass is 419 g/mol. The Bertz CT molecular complexity index is 1040. The minimum atomic E-state index is -3.54. The van der Waals surface area contributed by atoms with Crippen LogP contribution in [0.15, 0.2) is 51.8 Å². The van der Waals surface area contributed by atoms with Gasteiger partial charge in [-0.1, -0.05) is 43.4 Å². The summed E-state index contributed by atoms with van der Waals surface area (Å²) in [7, 11) is -3.54. The van der Waals surface area contributed by atoms with E-state index >= 15 is 0 Å². The number of hydrogen-bond donors (Lipinski definition) is 1. The summed E-state index contributed by atoms with van der Waals surface area (Å²) >= 11 is 1.34. The molecule has 148 valence electrons. The van der Waals surface area contributed by atoms with Gasteiger partial charge in [-0.15, -0.1) is 10.2 Å². The zero-order valence-electron chi connectivity index (χ0n) is 15.6. The van der Waals surface area contributed by atoms with Crippen LogP contribution in [-0.2, 0) is 15.6 Å². The lowest BCUT2D eigenvalue weighted by molar-refractivity contribution is 0.0995. The summed E-state index contributed by atoms with van der Waals surface area (Å²) in [5.74, 6) is -0.263. The van der Waals surface area contributed by atoms with Crippen LogP contribution in [0, 0.1) is 0 Å². The fraction of sp³-hybridized carbons (Fsp3) is 0.316. The van der Waals surface area contributed by atoms with Crippen molar-refractivity contribution >= 4 is 32.2 Å². The number of amides is 1. The third-order valence-corrected chi connectivity index (χ3v) is 6.97. The zero-order chi connectivity index (χ0) is 20.1. The van der Waals surface area contributed by atoms with E-state index in [1.165, 1.54) is 35.6 Å². The molecule has 9 heteroatoms. The molecule has 7 nitrogen and oxygen atoms in total. The quantitative estimate of drug-likeness (QED) is 0.585. The molecule has 1 N–H and O–H groups in total. The van der Waals surface area contributed by atoms with Crippen molar-refractivity contribution in [2.45, 2.75) is 43.3 Å². The van der Waals surface area contributed by atoms with Gasteiger partial charge in [0.1, 0.15) is 16.5 Å². The lowest BCUT2D eigenvalue weighted by Gasteiger charge is -2.05. The molecule has 1 aromatic carbocycles. The Morgan fingerprint density at radius 3 is 2.50 bits per heavy atom. The highest BCUT2D eigenvalue weighted by molar-refractivity contribution is 7.90. The number of benzene rings is 1. The van der Waals surface area contributed by atoms with Gasteiger partial charge in [-0.3, -0.25) is 10.1 Å². The maximum atomic E-state index is 12.4. The molecular weight excluding hydrogens is 398 g/mol. The smallest absolute Gasteiger partial charge is 0.293 e. The van der Waals surface area contributed by atoms with Gasteiger partial charge in [0.2, 0.25) is 5.13 Å². The number of sulfone groups is 1. The summed E-state index contributed by atoms with van der Waals surface area (Å²) in [5.41, 5.74) is 0. The predicted octanol–water partition coefficient (Wildman–Crippen LogP) is 4.26. The Kier molecular flexibility index (Phi) is 6.25. The Morgan fingerprint density at radius 1 is 1.11 bits per heavy atom. The van der Waals surface area contributed by atoms with Crippen LogP contribution in [0.4, 0.5) is 5.13 Å². The van der Waals surface area contributed by atoms with Crippen LogP contribution >= 0.6 is 11.3 Å². The van der Waals surface area contributed by atoms with E-state index in [0.717, 1.165) is 17.8 Å². The van der Waals surface area contributed by atoms with Crippen molar-refractivity contribution in [1.29, 1.82) is 0 Å². The second-order valence-corrected chi connectivity index (χ2v) is 9.25. The first-order valence-electron chi connectivity index (χ1n) is 8.94. The largest absolute Gasteiger partial charge is 0.455 e. The summed E-state index contributed by atoms with van der Waals surface area (Å²) in [5, 5.41) is 12.1. The first-order valence-corrected chi connectivity index (χ1v) is 11.4. The Balaban J connectivity index is 1.68. The molecule has 0 radical (unpaired) electrons. The number of aromatic nitrogens is 2. The number of hydrogen-bond acceptors (Lipinski definition) is 7. The second-order valence-electron chi connectivity index (χ2n) is 6.25. The number of furan rings is 1. The van der Waals surface area contributed by atoms with Gasteiger partial charge in [0.25, 0.3) is 5.91 Å². The predicted molar refractivity (Wildman–Crippen MR) is 107 cm³/mol. The van der Waals surface area contributed by atoms with Crippen molar-refractivity contribution in [3.05, 3.63) is 59.0 Å². The maximum Gasteiger partial charge on any atom is 0.293 e. The molecule has 3 rings (SSSR count). The second kappa shape index (κ2) is 8.66. The average molecular weight is 420 g/mol. The SMILES string of the molecule is CCC(CC)c1nnc(NC(=O)c2ccc(CS(=O)(=O)c3ccccc3)o2)s1. The minimum absolute atomic E-state index is 0.0255. The molecule has 0 bridgehead atoms. The van der Waals surface area contributed by atoms with Gasteiger partial charge in [-0.05, 0) is 37.1 Å². The topological polar surface area (TPSA) is 102 Å². The van der Waals surface area contributed by atoms with Crippen LogP contribution in [0.25, 0.3) is 0 Å². The van der Waals surface area contributed by atoms with Crippen LogP contribution < -0.4 is 5.32 Å². The highest BCUT2D eigenvalue weighted by Crippen LogP contribution is 2.28. The van der Waals surface area contributed by atoms with E-state index in [-0.39, 0.29) is 22.2 Å². The van der Waals surface area contributed by atoms with Gasteiger partial charge in [-0.25, -0.2) is 8.42 Å². The van der Waals surface area contributed by atoms with Crippen molar-refractivity contribution in [2.24, 2.45) is 0 Å². The molecule has 0 aliphatic rings. The minimum Gasteiger partial charge on any atom is -0.455 e. The summed E-state index contributed by atoms with van der Waals surface area (Å²) < 4.78 is 30.3. The molecule has 0 atom stereocenters. The number of carbonyl (C=O) groups is 1. The van der Waals surface area contributed by atoms with Crippen molar-refractivity contribution in [3.8, 4) is 0 Å². The third-order valence-electron chi connectivity index (χ3n) is 4.32. The van der Waals surface area contributed by atoms with Gasteiger partial charge in [-0.2, -0.15) is 0 Å². The maximum absolute atomic E-state index is 12.4. The first kappa shape index (κ1) is 20.2. The highest BCUT2D eigenvalue weighted by atomic mass is 32.2. The van der Waals surface area contributed by atoms with Gasteiger partial charge < -0.3 is 4.42 Å². The van der Waals surface area contributed by atoms with E-state index < -0.39 is 15.7 Å². The molecule has 28 heavy (non-hydrogen) atoms. The van der Waals surface area contributed by atoms with Crippen LogP contribution in [0.2, 0.25) is 0 Å². The molecule has 0 unspecified atom stereocenters. The molecule has 0 aliphatic carbocycles. The van der Waals surface area contributed by atoms with Crippen molar-refractivity contribution in [2.75, 3.05) is 5.32 Å². The molecule has 0 aliphatic heterocycles. The van der Waals surface area contributed by atoms with E-state index in [1.807, 2.05) is 0 Å². The summed E-state index contributed by atoms with van der Waals surface area (Å²) in [6.45, 7) is 4.17. The van der Waals surface area contributed by atoms with E-state index in [2.05, 4.69) is 29.4 Å². The first-order chi connectivity index (χ1) is 13.4. The van der Waals surface area contributed by atoms with Gasteiger partial charge in [0.15, 0.2) is 15.6 Å². The lowest BCUT2D eigenvalue weighted by Crippen LogP contribution is -2.10. The van der Waals surface area contributed by atoms with E-state index in [4.69, 9.17) is 4.42 Å². The Morgan fingerprint density at radius 2 is 1.82 bits per heavy atom. The fourth-order valence-corrected chi connectivity index (χ4v) is 5.00. The van der Waals surface area contributed by atoms with Gasteiger partial charge in [0, 0.05) is 5.92 Å². The van der Waals surface area contributed by atoms with Crippen molar-refractivity contribution < 1.29 is 17.6 Å². The van der Waals surface area contributed by atoms with E-state index in [9.17, 15) is 13.2 Å². The lowest BCUT2D eigenvalue weighted by atomic mass is 10.1. The number of anilines is 1. The third kappa shape index (κ3) is 4.66. The van der Waals surface area contributed by atoms with Crippen LogP contribution in [0.5, 0.6) is 0 Å². The number of nitrogens with one attached hydrogen (secondary N) is 1. The standard InChI is InChI=1S/C19H21N3O4S2/c1-3-13(4-2)18-21-22-19(27-18)20-17(23)16-11-10-14(26-16)12-28(24,25)15-8-6-5-7-9-15/h5-11,13H,3-4,12H2,1-2H3,(H,20,22,23). The molecule has 2 aromatic heterocycles. The number of nitrogens with zero attached hydrogens (tertiary/aromatic N) is 2. The summed E-state index contributed by atoms with van der Waals surface area (Å²) in [6.07, 6.45) is 1.91. The van der Waals surface area contributed by atoms with Crippen LogP contribution in [0.3, 0.4) is 0 Å². The van der Waals surface area contributed by atoms with E-state index in [1.54, 1.807) is 18.2 Å². The highest BCUT2D eigenvalue weighted by Gasteiger charge is 2.20. The molecule has 0 spiro atoms. The number of rotatable bonds is 8. The van der Waals surface area contributed by atoms with Gasteiger partial charge in [0.05, 0.1) is 4.90 Å². The molecular formula is C19H21N3O4S2. The fourth-order valence-electron chi connectivity index (χ4n) is 2.72. The Labute approximate surface area is 167 Å². The molecule has 0 fully saturated rings. The normalized spacial score (nSPS) is 11.7.